The number of pyridine rings is 1. The molecule has 0 radical (unpaired) electrons. The number of carbonyl (C=O) groups is 2. The first kappa shape index (κ1) is 25.5. The minimum Gasteiger partial charge on any atom is -0.481 e. The van der Waals surface area contributed by atoms with Gasteiger partial charge in [0.2, 0.25) is 0 Å². The molecule has 2 heterocycles. The van der Waals surface area contributed by atoms with E-state index in [0.29, 0.717) is 54.5 Å². The van der Waals surface area contributed by atoms with Gasteiger partial charge in [-0.1, -0.05) is 29.8 Å². The first-order valence-corrected chi connectivity index (χ1v) is 13.5. The van der Waals surface area contributed by atoms with Crippen LogP contribution in [0.2, 0.25) is 5.02 Å². The molecule has 0 saturated heterocycles. The van der Waals surface area contributed by atoms with Crippen molar-refractivity contribution in [3.8, 4) is 6.01 Å². The summed E-state index contributed by atoms with van der Waals surface area (Å²) in [5, 5.41) is 9.74. The van der Waals surface area contributed by atoms with Crippen LogP contribution < -0.4 is 4.74 Å². The number of fused-ring (bicyclic) bond motifs is 1. The van der Waals surface area contributed by atoms with Crippen LogP contribution in [0.15, 0.2) is 35.4 Å². The number of hydrogen-bond donors (Lipinski definition) is 2. The average molecular weight is 526 g/mol. The van der Waals surface area contributed by atoms with Gasteiger partial charge in [-0.2, -0.15) is 4.98 Å². The van der Waals surface area contributed by atoms with Gasteiger partial charge in [-0.15, -0.1) is 0 Å². The van der Waals surface area contributed by atoms with Crippen LogP contribution in [0.3, 0.4) is 0 Å². The standard InChI is InChI=1S/C28H32ClN3O5/c1-2-36-27(35)20-9-5-17(6-10-20)16-3-7-18(8-4-16)24-22(29)15-23-25(31-24)32-28(30-23)37-21-13-11-19(12-14-21)26(33)34/h3,5,7,15,19-21H,2,4,6,8-14H2,1H3,(H,33,34)(H,30,31,32)/t19-,20?,21-. The smallest absolute Gasteiger partial charge is 0.309 e. The fourth-order valence-corrected chi connectivity index (χ4v) is 5.74. The monoisotopic (exact) mass is 525 g/mol. The van der Waals surface area contributed by atoms with E-state index in [1.807, 2.05) is 13.0 Å². The van der Waals surface area contributed by atoms with E-state index < -0.39 is 5.97 Å². The van der Waals surface area contributed by atoms with E-state index in [4.69, 9.17) is 26.1 Å². The summed E-state index contributed by atoms with van der Waals surface area (Å²) in [6, 6.07) is 2.22. The van der Waals surface area contributed by atoms with Crippen LogP contribution in [-0.2, 0) is 14.3 Å². The predicted molar refractivity (Wildman–Crippen MR) is 140 cm³/mol. The molecule has 0 aromatic carbocycles. The molecule has 37 heavy (non-hydrogen) atoms. The quantitative estimate of drug-likeness (QED) is 0.424. The third-order valence-corrected chi connectivity index (χ3v) is 7.89. The highest BCUT2D eigenvalue weighted by atomic mass is 35.5. The Morgan fingerprint density at radius 3 is 2.43 bits per heavy atom. The number of hydrogen-bond acceptors (Lipinski definition) is 6. The second-order valence-electron chi connectivity index (χ2n) is 10.00. The van der Waals surface area contributed by atoms with E-state index >= 15 is 0 Å². The fraction of sp³-hybridized carbons (Fsp3) is 0.500. The van der Waals surface area contributed by atoms with Gasteiger partial charge in [-0.25, -0.2) is 4.98 Å². The summed E-state index contributed by atoms with van der Waals surface area (Å²) < 4.78 is 11.2. The molecule has 2 aromatic rings. The normalized spacial score (nSPS) is 24.2. The number of esters is 1. The summed E-state index contributed by atoms with van der Waals surface area (Å²) >= 11 is 6.62. The second-order valence-corrected chi connectivity index (χ2v) is 10.4. The van der Waals surface area contributed by atoms with E-state index in [0.717, 1.165) is 43.4 Å². The minimum atomic E-state index is -0.731. The molecule has 0 aliphatic heterocycles. The molecular formula is C28H32ClN3O5. The van der Waals surface area contributed by atoms with Crippen molar-refractivity contribution in [3.05, 3.63) is 46.2 Å². The molecule has 0 amide bonds. The van der Waals surface area contributed by atoms with Crippen molar-refractivity contribution in [2.75, 3.05) is 6.61 Å². The fourth-order valence-electron chi connectivity index (χ4n) is 5.46. The van der Waals surface area contributed by atoms with Crippen molar-refractivity contribution in [3.63, 3.8) is 0 Å². The zero-order valence-corrected chi connectivity index (χ0v) is 21.7. The van der Waals surface area contributed by atoms with Crippen molar-refractivity contribution in [2.45, 2.75) is 70.8 Å². The lowest BCUT2D eigenvalue weighted by molar-refractivity contribution is -0.148. The number of imidazole rings is 1. The number of carbonyl (C=O) groups excluding carboxylic acids is 1. The van der Waals surface area contributed by atoms with Gasteiger partial charge in [0, 0.05) is 0 Å². The number of aromatic amines is 1. The maximum atomic E-state index is 12.0. The molecular weight excluding hydrogens is 494 g/mol. The van der Waals surface area contributed by atoms with Gasteiger partial charge in [0.05, 0.1) is 34.7 Å². The van der Waals surface area contributed by atoms with Crippen LogP contribution in [0, 0.1) is 11.8 Å². The first-order valence-electron chi connectivity index (χ1n) is 13.1. The Kier molecular flexibility index (Phi) is 7.65. The predicted octanol–water partition coefficient (Wildman–Crippen LogP) is 6.03. The lowest BCUT2D eigenvalue weighted by Gasteiger charge is -2.25. The number of carboxylic acids is 1. The van der Waals surface area contributed by atoms with Gasteiger partial charge in [0.1, 0.15) is 6.10 Å². The van der Waals surface area contributed by atoms with Crippen molar-refractivity contribution in [1.82, 2.24) is 15.0 Å². The van der Waals surface area contributed by atoms with Gasteiger partial charge in [0.15, 0.2) is 5.65 Å². The lowest BCUT2D eigenvalue weighted by Crippen LogP contribution is -2.28. The Bertz CT molecular complexity index is 1290. The molecule has 0 spiro atoms. The van der Waals surface area contributed by atoms with Gasteiger partial charge in [-0.05, 0) is 87.5 Å². The van der Waals surface area contributed by atoms with E-state index in [1.54, 1.807) is 0 Å². The number of carboxylic acid groups (broad SMARTS) is 1. The van der Waals surface area contributed by atoms with Crippen LogP contribution in [0.25, 0.3) is 16.7 Å². The maximum Gasteiger partial charge on any atom is 0.309 e. The largest absolute Gasteiger partial charge is 0.481 e. The van der Waals surface area contributed by atoms with Crippen molar-refractivity contribution >= 4 is 40.3 Å². The number of H-pyrrole nitrogens is 1. The number of halogens is 1. The molecule has 2 N–H and O–H groups in total. The molecule has 3 aliphatic rings. The third-order valence-electron chi connectivity index (χ3n) is 7.60. The molecule has 1 atom stereocenters. The topological polar surface area (TPSA) is 114 Å². The van der Waals surface area contributed by atoms with Gasteiger partial charge in [0.25, 0.3) is 6.01 Å². The second kappa shape index (κ2) is 11.1. The van der Waals surface area contributed by atoms with Crippen molar-refractivity contribution in [2.24, 2.45) is 11.8 Å². The number of ether oxygens (including phenoxy) is 2. The first-order chi connectivity index (χ1) is 17.9. The highest BCUT2D eigenvalue weighted by Gasteiger charge is 2.28. The Morgan fingerprint density at radius 1 is 1.03 bits per heavy atom. The van der Waals surface area contributed by atoms with Crippen LogP contribution in [0.1, 0.15) is 70.4 Å². The highest BCUT2D eigenvalue weighted by Crippen LogP contribution is 2.37. The lowest BCUT2D eigenvalue weighted by atomic mass is 9.83. The van der Waals surface area contributed by atoms with Crippen LogP contribution in [-0.4, -0.2) is 44.7 Å². The molecule has 0 bridgehead atoms. The molecule has 1 saturated carbocycles. The summed E-state index contributed by atoms with van der Waals surface area (Å²) in [7, 11) is 0. The Labute approximate surface area is 220 Å². The third kappa shape index (κ3) is 5.74. The Morgan fingerprint density at radius 2 is 1.78 bits per heavy atom. The summed E-state index contributed by atoms with van der Waals surface area (Å²) in [5.74, 6) is -1.14. The molecule has 196 valence electrons. The number of nitrogens with one attached hydrogen (secondary N) is 1. The zero-order chi connectivity index (χ0) is 25.9. The SMILES string of the molecule is CCOC(=O)C1CC=C(C2=CC=C(c3nc4nc(O[C@H]5CC[C@H](C(=O)O)CC5)[nH]c4cc3Cl)CC2)CC1. The van der Waals surface area contributed by atoms with Gasteiger partial charge < -0.3 is 19.6 Å². The van der Waals surface area contributed by atoms with Crippen LogP contribution >= 0.6 is 11.6 Å². The minimum absolute atomic E-state index is 0.0313. The van der Waals surface area contributed by atoms with Crippen molar-refractivity contribution in [1.29, 1.82) is 0 Å². The molecule has 3 aliphatic carbocycles. The number of nitrogens with zero attached hydrogens (tertiary/aromatic N) is 2. The summed E-state index contributed by atoms with van der Waals surface area (Å²) in [6.45, 7) is 2.27. The van der Waals surface area contributed by atoms with E-state index in [-0.39, 0.29) is 23.9 Å². The Balaban J connectivity index is 1.26. The van der Waals surface area contributed by atoms with E-state index in [2.05, 4.69) is 28.2 Å². The average Bonchev–Trinajstić information content (AvgIpc) is 3.29. The van der Waals surface area contributed by atoms with Crippen LogP contribution in [0.5, 0.6) is 6.01 Å². The molecule has 1 unspecified atom stereocenters. The number of aromatic nitrogens is 3. The molecule has 9 heteroatoms. The molecule has 5 rings (SSSR count). The van der Waals surface area contributed by atoms with E-state index in [1.165, 1.54) is 11.1 Å². The summed E-state index contributed by atoms with van der Waals surface area (Å²) in [4.78, 5) is 35.6. The number of rotatable bonds is 7. The summed E-state index contributed by atoms with van der Waals surface area (Å²) in [5.41, 5.74) is 5.66. The summed E-state index contributed by atoms with van der Waals surface area (Å²) in [6.07, 6.45) is 13.1. The van der Waals surface area contributed by atoms with Crippen molar-refractivity contribution < 1.29 is 24.2 Å². The van der Waals surface area contributed by atoms with Gasteiger partial charge >= 0.3 is 11.9 Å². The van der Waals surface area contributed by atoms with Gasteiger partial charge in [-0.3, -0.25) is 9.59 Å². The highest BCUT2D eigenvalue weighted by molar-refractivity contribution is 6.32. The number of aliphatic carboxylic acids is 1. The number of allylic oxidation sites excluding steroid dienone is 6. The maximum absolute atomic E-state index is 12.0. The Hall–Kier alpha value is -3.13. The molecule has 2 aromatic heterocycles. The van der Waals surface area contributed by atoms with Crippen LogP contribution in [0.4, 0.5) is 0 Å². The molecule has 8 nitrogen and oxygen atoms in total. The zero-order valence-electron chi connectivity index (χ0n) is 21.0. The van der Waals surface area contributed by atoms with E-state index in [9.17, 15) is 14.7 Å². The molecule has 1 fully saturated rings.